The molecule has 4 N–H and O–H groups in total. The van der Waals surface area contributed by atoms with E-state index < -0.39 is 57.7 Å². The molecule has 0 bridgehead atoms. The van der Waals surface area contributed by atoms with Crippen molar-refractivity contribution in [2.45, 2.75) is 75.4 Å². The molecule has 1 fully saturated rings. The molecule has 0 aromatic heterocycles. The largest absolute Gasteiger partial charge is 0.374 e. The summed E-state index contributed by atoms with van der Waals surface area (Å²) in [4.78, 5) is 38.5. The summed E-state index contributed by atoms with van der Waals surface area (Å²) >= 11 is 0. The van der Waals surface area contributed by atoms with Crippen molar-refractivity contribution in [3.8, 4) is 0 Å². The van der Waals surface area contributed by atoms with Gasteiger partial charge in [0.25, 0.3) is 0 Å². The molecule has 0 spiro atoms. The first-order valence-electron chi connectivity index (χ1n) is 17.0. The second kappa shape index (κ2) is 19.9. The van der Waals surface area contributed by atoms with Gasteiger partial charge >= 0.3 is 15.2 Å². The molecule has 52 heavy (non-hydrogen) atoms. The molecule has 0 amide bonds. The first-order chi connectivity index (χ1) is 25.1. The Hall–Kier alpha value is -3.06. The lowest BCUT2D eigenvalue weighted by Crippen LogP contribution is -2.61. The maximum absolute atomic E-state index is 11.9. The highest BCUT2D eigenvalue weighted by atomic mass is 31.2. The summed E-state index contributed by atoms with van der Waals surface area (Å²) in [7, 11) is -10.2. The van der Waals surface area contributed by atoms with Crippen LogP contribution in [0.5, 0.6) is 0 Å². The van der Waals surface area contributed by atoms with Crippen LogP contribution in [0.3, 0.4) is 0 Å². The van der Waals surface area contributed by atoms with E-state index in [1.807, 2.05) is 121 Å². The van der Waals surface area contributed by atoms with E-state index in [2.05, 4.69) is 0 Å². The number of rotatable bonds is 20. The van der Waals surface area contributed by atoms with Crippen LogP contribution >= 0.6 is 15.2 Å². The number of hydrogen-bond donors (Lipinski definition) is 4. The molecule has 0 saturated carbocycles. The highest BCUT2D eigenvalue weighted by Gasteiger charge is 2.49. The lowest BCUT2D eigenvalue weighted by molar-refractivity contribution is -0.328. The van der Waals surface area contributed by atoms with Gasteiger partial charge in [-0.2, -0.15) is 0 Å². The minimum absolute atomic E-state index is 0.0786. The summed E-state index contributed by atoms with van der Waals surface area (Å²) in [6.07, 6.45) is -4.66. The van der Waals surface area contributed by atoms with Crippen LogP contribution in [0.4, 0.5) is 0 Å². The highest BCUT2D eigenvalue weighted by molar-refractivity contribution is 7.70. The number of benzene rings is 4. The lowest BCUT2D eigenvalue weighted by Gasteiger charge is -2.46. The van der Waals surface area contributed by atoms with E-state index in [1.165, 1.54) is 0 Å². The zero-order valence-electron chi connectivity index (χ0n) is 28.6. The Morgan fingerprint density at radius 1 is 0.538 bits per heavy atom. The van der Waals surface area contributed by atoms with Gasteiger partial charge in [0.2, 0.25) is 0 Å². The van der Waals surface area contributed by atoms with Gasteiger partial charge < -0.3 is 48.0 Å². The number of ether oxygens (including phenoxy) is 6. The molecule has 5 rings (SSSR count). The van der Waals surface area contributed by atoms with E-state index in [4.69, 9.17) is 28.4 Å². The predicted octanol–water partition coefficient (Wildman–Crippen LogP) is 6.16. The normalized spacial score (nSPS) is 21.0. The third kappa shape index (κ3) is 12.5. The van der Waals surface area contributed by atoms with Crippen LogP contribution in [-0.4, -0.2) is 68.9 Å². The Kier molecular flexibility index (Phi) is 15.3. The molecule has 0 aliphatic carbocycles. The summed E-state index contributed by atoms with van der Waals surface area (Å²) in [5, 5.41) is -2.14. The van der Waals surface area contributed by atoms with Gasteiger partial charge in [0.15, 0.2) is 11.7 Å². The van der Waals surface area contributed by atoms with Crippen LogP contribution in [0.25, 0.3) is 0 Å². The average molecular weight is 757 g/mol. The van der Waals surface area contributed by atoms with Gasteiger partial charge in [-0.05, 0) is 35.1 Å². The van der Waals surface area contributed by atoms with Gasteiger partial charge in [-0.15, -0.1) is 0 Å². The van der Waals surface area contributed by atoms with E-state index in [1.54, 1.807) is 0 Å². The minimum atomic E-state index is -5.09. The second-order valence-corrected chi connectivity index (χ2v) is 16.5. The second-order valence-electron chi connectivity index (χ2n) is 12.5. The van der Waals surface area contributed by atoms with E-state index in [0.29, 0.717) is 6.61 Å². The van der Waals surface area contributed by atoms with E-state index in [9.17, 15) is 28.7 Å². The molecule has 4 aromatic rings. The van der Waals surface area contributed by atoms with Crippen molar-refractivity contribution in [1.82, 2.24) is 0 Å². The summed E-state index contributed by atoms with van der Waals surface area (Å²) in [6.45, 7) is 0.914. The Morgan fingerprint density at radius 3 is 1.38 bits per heavy atom. The van der Waals surface area contributed by atoms with E-state index >= 15 is 0 Å². The third-order valence-corrected chi connectivity index (χ3v) is 12.4. The molecule has 0 radical (unpaired) electrons. The molecule has 1 aliphatic rings. The van der Waals surface area contributed by atoms with Gasteiger partial charge in [-0.1, -0.05) is 121 Å². The SMILES string of the molecule is O=P(O)(O)C(CCCOC1O[C@H](COCc2ccccc2)[C@@H](OCc2ccccc2)[C@H](OCc2ccccc2)[C@H]1OCc1ccccc1)P(=O)(O)O. The monoisotopic (exact) mass is 756 g/mol. The third-order valence-electron chi connectivity index (χ3n) is 8.51. The standard InChI is InChI=1S/C38H46O12P2/c39-51(40,41)34(52(42,43)44)22-13-23-46-38-37(49-27-32-20-11-4-12-21-32)36(48-26-31-18-9-3-10-19-31)35(47-25-30-16-7-2-8-17-30)33(50-38)28-45-24-29-14-5-1-6-15-29/h1-12,14-21,33-38H,13,22-28H2,(H2,39,40,41)(H2,42,43,44)/t33-,35-,36+,37-,38?/m1/s1. The van der Waals surface area contributed by atoms with Crippen molar-refractivity contribution >= 4 is 15.2 Å². The van der Waals surface area contributed by atoms with Gasteiger partial charge in [0, 0.05) is 6.61 Å². The fraction of sp³-hybridized carbons (Fsp3) is 0.368. The maximum atomic E-state index is 11.9. The Bertz CT molecular complexity index is 1670. The van der Waals surface area contributed by atoms with Crippen LogP contribution in [0.1, 0.15) is 35.1 Å². The lowest BCUT2D eigenvalue weighted by atomic mass is 9.97. The summed E-state index contributed by atoms with van der Waals surface area (Å²) in [6, 6.07) is 38.6. The first-order valence-corrected chi connectivity index (χ1v) is 20.4. The fourth-order valence-electron chi connectivity index (χ4n) is 5.88. The molecule has 5 atom stereocenters. The zero-order chi connectivity index (χ0) is 36.8. The van der Waals surface area contributed by atoms with Crippen molar-refractivity contribution in [3.05, 3.63) is 144 Å². The summed E-state index contributed by atoms with van der Waals surface area (Å²) < 4.78 is 62.5. The van der Waals surface area contributed by atoms with E-state index in [0.717, 1.165) is 22.3 Å². The van der Waals surface area contributed by atoms with Crippen molar-refractivity contribution in [3.63, 3.8) is 0 Å². The molecule has 280 valence electrons. The molecule has 1 heterocycles. The van der Waals surface area contributed by atoms with Gasteiger partial charge in [0.05, 0.1) is 33.0 Å². The van der Waals surface area contributed by atoms with Crippen LogP contribution in [0.2, 0.25) is 0 Å². The topological polar surface area (TPSA) is 170 Å². The Labute approximate surface area is 303 Å². The van der Waals surface area contributed by atoms with Gasteiger partial charge in [0.1, 0.15) is 24.4 Å². The van der Waals surface area contributed by atoms with Crippen molar-refractivity contribution in [2.24, 2.45) is 0 Å². The molecule has 1 saturated heterocycles. The smallest absolute Gasteiger partial charge is 0.340 e. The molecular formula is C38H46O12P2. The summed E-state index contributed by atoms with van der Waals surface area (Å²) in [5.74, 6) is 0. The highest BCUT2D eigenvalue weighted by Crippen LogP contribution is 2.61. The van der Waals surface area contributed by atoms with E-state index in [-0.39, 0.29) is 39.5 Å². The molecule has 1 unspecified atom stereocenters. The Balaban J connectivity index is 1.42. The minimum Gasteiger partial charge on any atom is -0.374 e. The zero-order valence-corrected chi connectivity index (χ0v) is 30.4. The van der Waals surface area contributed by atoms with Gasteiger partial charge in [-0.25, -0.2) is 0 Å². The Morgan fingerprint density at radius 2 is 0.942 bits per heavy atom. The number of hydrogen-bond acceptors (Lipinski definition) is 8. The van der Waals surface area contributed by atoms with Crippen molar-refractivity contribution in [2.75, 3.05) is 13.2 Å². The van der Waals surface area contributed by atoms with Crippen molar-refractivity contribution in [1.29, 1.82) is 0 Å². The van der Waals surface area contributed by atoms with Crippen LogP contribution in [0.15, 0.2) is 121 Å². The van der Waals surface area contributed by atoms with Crippen molar-refractivity contribution < 1.29 is 57.1 Å². The van der Waals surface area contributed by atoms with Crippen LogP contribution < -0.4 is 0 Å². The molecule has 12 nitrogen and oxygen atoms in total. The first kappa shape index (κ1) is 40.1. The average Bonchev–Trinajstić information content (AvgIpc) is 3.13. The van der Waals surface area contributed by atoms with Crippen LogP contribution in [0, 0.1) is 0 Å². The van der Waals surface area contributed by atoms with Gasteiger partial charge in [-0.3, -0.25) is 9.13 Å². The molecule has 14 heteroatoms. The fourth-order valence-corrected chi connectivity index (χ4v) is 8.48. The quantitative estimate of drug-likeness (QED) is 0.0599. The summed E-state index contributed by atoms with van der Waals surface area (Å²) in [5.41, 5.74) is 3.73. The predicted molar refractivity (Wildman–Crippen MR) is 193 cm³/mol. The molecular weight excluding hydrogens is 710 g/mol. The maximum Gasteiger partial charge on any atom is 0.340 e. The van der Waals surface area contributed by atoms with Crippen LogP contribution in [-0.2, 0) is 64.0 Å². The molecule has 4 aromatic carbocycles. The molecule has 1 aliphatic heterocycles.